The third kappa shape index (κ3) is 14.6. The summed E-state index contributed by atoms with van der Waals surface area (Å²) in [6, 6.07) is 0. The lowest BCUT2D eigenvalue weighted by Gasteiger charge is -2.32. The highest BCUT2D eigenvalue weighted by Gasteiger charge is 2.29. The van der Waals surface area contributed by atoms with E-state index in [2.05, 4.69) is 12.2 Å². The average molecular weight is 409 g/mol. The largest absolute Gasteiger partial charge is 0.389 e. The minimum absolute atomic E-state index is 0.218. The Balaban J connectivity index is 3.34. The monoisotopic (exact) mass is 408 g/mol. The molecule has 0 spiro atoms. The highest BCUT2D eigenvalue weighted by molar-refractivity contribution is 4.88. The first-order valence-electron chi connectivity index (χ1n) is 10.7. The van der Waals surface area contributed by atoms with Gasteiger partial charge in [-0.25, -0.2) is 0 Å². The number of nitrogens with one attached hydrogen (secondary N) is 1. The highest BCUT2D eigenvalue weighted by atomic mass is 16.6. The van der Waals surface area contributed by atoms with Gasteiger partial charge in [-0.2, -0.15) is 0 Å². The van der Waals surface area contributed by atoms with Gasteiger partial charge in [0.2, 0.25) is 0 Å². The maximum atomic E-state index is 10.1. The molecule has 0 saturated heterocycles. The molecule has 0 aliphatic heterocycles. The zero-order chi connectivity index (χ0) is 21.1. The maximum absolute atomic E-state index is 10.1. The zero-order valence-corrected chi connectivity index (χ0v) is 18.2. The van der Waals surface area contributed by atoms with Gasteiger partial charge < -0.3 is 40.2 Å². The summed E-state index contributed by atoms with van der Waals surface area (Å²) in [5.74, 6) is 0. The Morgan fingerprint density at radius 2 is 1.32 bits per heavy atom. The second kappa shape index (κ2) is 18.7. The second-order valence-corrected chi connectivity index (χ2v) is 7.04. The van der Waals surface area contributed by atoms with E-state index in [9.17, 15) is 10.2 Å². The Hall–Kier alpha value is -0.320. The van der Waals surface area contributed by atoms with Gasteiger partial charge in [0, 0.05) is 12.1 Å². The van der Waals surface area contributed by atoms with Crippen LogP contribution < -0.4 is 11.1 Å². The van der Waals surface area contributed by atoms with Crippen molar-refractivity contribution < 1.29 is 29.2 Å². The Morgan fingerprint density at radius 1 is 0.821 bits per heavy atom. The van der Waals surface area contributed by atoms with Gasteiger partial charge in [-0.1, -0.05) is 27.2 Å². The van der Waals surface area contributed by atoms with Gasteiger partial charge in [-0.3, -0.25) is 0 Å². The Kier molecular flexibility index (Phi) is 18.5. The van der Waals surface area contributed by atoms with Gasteiger partial charge in [0.25, 0.3) is 0 Å². The fourth-order valence-electron chi connectivity index (χ4n) is 2.49. The summed E-state index contributed by atoms with van der Waals surface area (Å²) in [7, 11) is 0. The molecule has 0 saturated carbocycles. The van der Waals surface area contributed by atoms with Crippen LogP contribution in [0.3, 0.4) is 0 Å². The molecule has 2 unspecified atom stereocenters. The molecular weight excluding hydrogens is 364 g/mol. The van der Waals surface area contributed by atoms with Crippen molar-refractivity contribution in [3.05, 3.63) is 0 Å². The lowest BCUT2D eigenvalue weighted by molar-refractivity contribution is -0.0375. The lowest BCUT2D eigenvalue weighted by Crippen LogP contribution is -2.52. The van der Waals surface area contributed by atoms with Crippen LogP contribution in [0.25, 0.3) is 0 Å². The molecule has 170 valence electrons. The number of aliphatic hydroxyl groups is 2. The fraction of sp³-hybridized carbons (Fsp3) is 1.00. The van der Waals surface area contributed by atoms with E-state index < -0.39 is 17.7 Å². The highest BCUT2D eigenvalue weighted by Crippen LogP contribution is 2.16. The van der Waals surface area contributed by atoms with E-state index in [1.807, 2.05) is 13.8 Å². The van der Waals surface area contributed by atoms with Crippen LogP contribution in [0.15, 0.2) is 0 Å². The molecule has 0 aromatic carbocycles. The van der Waals surface area contributed by atoms with E-state index in [1.54, 1.807) is 0 Å². The molecule has 0 aromatic heterocycles. The fourth-order valence-corrected chi connectivity index (χ4v) is 2.49. The number of rotatable bonds is 21. The van der Waals surface area contributed by atoms with Crippen molar-refractivity contribution in [3.8, 4) is 0 Å². The van der Waals surface area contributed by atoms with Crippen LogP contribution in [-0.2, 0) is 18.9 Å². The number of ether oxygens (including phenoxy) is 4. The van der Waals surface area contributed by atoms with Crippen LogP contribution in [0.5, 0.6) is 0 Å². The zero-order valence-electron chi connectivity index (χ0n) is 18.2. The topological polar surface area (TPSA) is 115 Å². The molecule has 8 nitrogen and oxygen atoms in total. The summed E-state index contributed by atoms with van der Waals surface area (Å²) >= 11 is 0. The number of unbranched alkanes of at least 4 members (excludes halogenated alkanes) is 1. The average Bonchev–Trinajstić information content (AvgIpc) is 2.71. The van der Waals surface area contributed by atoms with E-state index >= 15 is 0 Å². The summed E-state index contributed by atoms with van der Waals surface area (Å²) in [6.07, 6.45) is 2.52. The molecular formula is C20H44N2O6. The summed E-state index contributed by atoms with van der Waals surface area (Å²) in [5.41, 5.74) is 5.53. The molecule has 0 aliphatic carbocycles. The number of nitrogens with two attached hydrogens (primary N) is 1. The van der Waals surface area contributed by atoms with Crippen LogP contribution in [-0.4, -0.2) is 93.9 Å². The maximum Gasteiger partial charge on any atom is 0.0952 e. The van der Waals surface area contributed by atoms with Gasteiger partial charge in [-0.15, -0.1) is 0 Å². The van der Waals surface area contributed by atoms with Crippen molar-refractivity contribution in [2.75, 3.05) is 65.9 Å². The first-order valence-corrected chi connectivity index (χ1v) is 10.7. The predicted molar refractivity (Wildman–Crippen MR) is 111 cm³/mol. The van der Waals surface area contributed by atoms with Crippen molar-refractivity contribution in [1.29, 1.82) is 0 Å². The number of aliphatic hydroxyl groups excluding tert-OH is 2. The Morgan fingerprint density at radius 3 is 1.82 bits per heavy atom. The van der Waals surface area contributed by atoms with Crippen molar-refractivity contribution in [3.63, 3.8) is 0 Å². The standard InChI is InChI=1S/C20H44N2O6/c1-4-7-8-22-15-18(23)16-27-13-11-25-9-10-26-12-14-28-17-19(24)20(21,5-2)6-3/h18-19,22-24H,4-17,21H2,1-3H3. The smallest absolute Gasteiger partial charge is 0.0952 e. The summed E-state index contributed by atoms with van der Waals surface area (Å²) in [4.78, 5) is 0. The van der Waals surface area contributed by atoms with E-state index in [0.29, 0.717) is 65.6 Å². The molecule has 0 heterocycles. The normalized spacial score (nSPS) is 14.4. The van der Waals surface area contributed by atoms with Gasteiger partial charge in [0.05, 0.1) is 65.1 Å². The molecule has 0 aromatic rings. The van der Waals surface area contributed by atoms with Crippen molar-refractivity contribution in [2.45, 2.75) is 64.2 Å². The van der Waals surface area contributed by atoms with E-state index in [-0.39, 0.29) is 6.61 Å². The molecule has 0 bridgehead atoms. The summed E-state index contributed by atoms with van der Waals surface area (Å²) < 4.78 is 21.6. The third-order valence-corrected chi connectivity index (χ3v) is 4.77. The second-order valence-electron chi connectivity index (χ2n) is 7.04. The molecule has 0 fully saturated rings. The molecule has 0 rings (SSSR count). The van der Waals surface area contributed by atoms with Crippen molar-refractivity contribution >= 4 is 0 Å². The van der Waals surface area contributed by atoms with Crippen LogP contribution in [0, 0.1) is 0 Å². The first-order chi connectivity index (χ1) is 13.5. The first kappa shape index (κ1) is 27.7. The molecule has 0 radical (unpaired) electrons. The van der Waals surface area contributed by atoms with Crippen LogP contribution in [0.4, 0.5) is 0 Å². The minimum atomic E-state index is -0.670. The molecule has 0 aliphatic rings. The van der Waals surface area contributed by atoms with Crippen LogP contribution in [0.2, 0.25) is 0 Å². The Bertz CT molecular complexity index is 332. The van der Waals surface area contributed by atoms with E-state index in [0.717, 1.165) is 19.4 Å². The van der Waals surface area contributed by atoms with Crippen LogP contribution >= 0.6 is 0 Å². The van der Waals surface area contributed by atoms with Gasteiger partial charge in [0.1, 0.15) is 0 Å². The summed E-state index contributed by atoms with van der Waals surface area (Å²) in [6.45, 7) is 10.8. The van der Waals surface area contributed by atoms with Gasteiger partial charge in [0.15, 0.2) is 0 Å². The molecule has 28 heavy (non-hydrogen) atoms. The molecule has 0 amide bonds. The van der Waals surface area contributed by atoms with Crippen LogP contribution in [0.1, 0.15) is 46.5 Å². The molecule has 8 heteroatoms. The molecule has 2 atom stereocenters. The van der Waals surface area contributed by atoms with Gasteiger partial charge >= 0.3 is 0 Å². The number of hydrogen-bond donors (Lipinski definition) is 4. The SMILES string of the molecule is CCCCNCC(O)COCCOCCOCCOCC(O)C(N)(CC)CC. The Labute approximate surface area is 171 Å². The third-order valence-electron chi connectivity index (χ3n) is 4.77. The molecule has 5 N–H and O–H groups in total. The number of hydrogen-bond acceptors (Lipinski definition) is 8. The quantitative estimate of drug-likeness (QED) is 0.205. The predicted octanol–water partition coefficient (Wildman–Crippen LogP) is 0.682. The lowest BCUT2D eigenvalue weighted by atomic mass is 9.88. The van der Waals surface area contributed by atoms with Crippen molar-refractivity contribution in [1.82, 2.24) is 5.32 Å². The van der Waals surface area contributed by atoms with E-state index in [4.69, 9.17) is 24.7 Å². The van der Waals surface area contributed by atoms with E-state index in [1.165, 1.54) is 0 Å². The minimum Gasteiger partial charge on any atom is -0.389 e. The summed E-state index contributed by atoms with van der Waals surface area (Å²) in [5, 5.41) is 23.0. The van der Waals surface area contributed by atoms with Crippen molar-refractivity contribution in [2.24, 2.45) is 5.73 Å². The van der Waals surface area contributed by atoms with Gasteiger partial charge in [-0.05, 0) is 25.8 Å².